The van der Waals surface area contributed by atoms with Crippen LogP contribution >= 0.6 is 0 Å². The number of amides is 3. The minimum atomic E-state index is -3.44. The lowest BCUT2D eigenvalue weighted by molar-refractivity contribution is -0.391. The maximum Gasteiger partial charge on any atom is 0.364 e. The van der Waals surface area contributed by atoms with Crippen LogP contribution in [-0.4, -0.2) is 350 Å². The molecule has 37 nitrogen and oxygen atoms in total. The summed E-state index contributed by atoms with van der Waals surface area (Å²) in [4.78, 5) is 52.0. The minimum absolute atomic E-state index is 0.796. The van der Waals surface area contributed by atoms with Crippen molar-refractivity contribution in [2.45, 2.75) is 217 Å². The molecule has 22 N–H and O–H groups in total. The van der Waals surface area contributed by atoms with Crippen LogP contribution in [0.15, 0.2) is 0 Å². The highest BCUT2D eigenvalue weighted by molar-refractivity contribution is 5.77. The lowest BCUT2D eigenvalue weighted by Crippen LogP contribution is -2.73. The van der Waals surface area contributed by atoms with Gasteiger partial charge in [-0.3, -0.25) is 14.4 Å². The molecule has 0 aromatic rings. The topological polar surface area (TPSA) is 590 Å². The van der Waals surface area contributed by atoms with Crippen molar-refractivity contribution < 1.29 is 168 Å². The Balaban J connectivity index is 1.38. The van der Waals surface area contributed by atoms with E-state index in [0.29, 0.717) is 0 Å². The highest BCUT2D eigenvalue weighted by Gasteiger charge is 2.63. The fourth-order valence-corrected chi connectivity index (χ4v) is 10.4. The molecule has 37 heteroatoms. The SMILES string of the molecule is CC(=O)N[C@H]1[C@@H](O[C@H]2[C@@H](O)[C@@H](CO)O[C@@H](O[C@H]3[C@@H](O)[C@@H](CO)O[C@@H](O[C@H]4C[C@](O[C@H]5[C@@H](O)[C@@H](CO)O[C@@H](O[C@H]6[C@H](O)[C@@H](O)[C@H](O)O[C@@H]6CO)[C@@H]5O)(C(=O)O)O[C@@H]([C@H](O)[C@H](O)CO)[C@@H]4NC(C)=O)[C@@H]3NC(C)=O)[C@@H]2O)O[C@H](CO)[C@H](O)[C@@H]1O. The number of aliphatic carboxylic acids is 1. The van der Waals surface area contributed by atoms with Crippen molar-refractivity contribution >= 4 is 23.7 Å². The Morgan fingerprint density at radius 3 is 1.40 bits per heavy atom. The number of nitrogens with one attached hydrogen (secondary N) is 3. The summed E-state index contributed by atoms with van der Waals surface area (Å²) in [7, 11) is 0. The van der Waals surface area contributed by atoms with Gasteiger partial charge in [-0.1, -0.05) is 0 Å². The molecule has 0 aromatic carbocycles. The van der Waals surface area contributed by atoms with Gasteiger partial charge in [0, 0.05) is 27.2 Å². The number of hydrogen-bond donors (Lipinski definition) is 22. The molecule has 3 amide bonds. The molecule has 0 radical (unpaired) electrons. The molecule has 6 rings (SSSR count). The van der Waals surface area contributed by atoms with Crippen molar-refractivity contribution in [1.29, 1.82) is 0 Å². The third-order valence-corrected chi connectivity index (χ3v) is 14.6. The highest BCUT2D eigenvalue weighted by atomic mass is 16.8. The Kier molecular flexibility index (Phi) is 23.9. The van der Waals surface area contributed by atoms with Crippen LogP contribution in [0.25, 0.3) is 0 Å². The predicted molar refractivity (Wildman–Crippen MR) is 251 cm³/mol. The molecule has 0 spiro atoms. The number of aliphatic hydroxyl groups excluding tert-OH is 18. The molecule has 6 saturated heterocycles. The van der Waals surface area contributed by atoms with Crippen LogP contribution in [-0.2, 0) is 71.3 Å². The van der Waals surface area contributed by atoms with Gasteiger partial charge < -0.3 is 165 Å². The molecule has 6 heterocycles. The number of carbonyl (C=O) groups excluding carboxylic acids is 3. The van der Waals surface area contributed by atoms with Crippen LogP contribution < -0.4 is 16.0 Å². The first-order chi connectivity index (χ1) is 38.6. The van der Waals surface area contributed by atoms with Gasteiger partial charge >= 0.3 is 5.97 Å². The predicted octanol–water partition coefficient (Wildman–Crippen LogP) is -14.5. The molecule has 6 fully saturated rings. The van der Waals surface area contributed by atoms with Crippen LogP contribution in [0.5, 0.6) is 0 Å². The van der Waals surface area contributed by atoms with Gasteiger partial charge in [0.05, 0.1) is 51.8 Å². The van der Waals surface area contributed by atoms with E-state index in [9.17, 15) is 116 Å². The zero-order valence-electron chi connectivity index (χ0n) is 43.9. The fraction of sp³-hybridized carbons (Fsp3) is 0.911. The van der Waals surface area contributed by atoms with E-state index in [2.05, 4.69) is 16.0 Å². The van der Waals surface area contributed by atoms with Crippen molar-refractivity contribution in [3.63, 3.8) is 0 Å². The molecule has 0 aromatic heterocycles. The van der Waals surface area contributed by atoms with Gasteiger partial charge in [0.1, 0.15) is 140 Å². The van der Waals surface area contributed by atoms with E-state index in [4.69, 9.17) is 52.1 Å². The Bertz CT molecular complexity index is 2090. The molecule has 0 aliphatic carbocycles. The van der Waals surface area contributed by atoms with E-state index in [-0.39, 0.29) is 0 Å². The van der Waals surface area contributed by atoms with Gasteiger partial charge in [0.15, 0.2) is 31.5 Å². The summed E-state index contributed by atoms with van der Waals surface area (Å²) >= 11 is 0. The molecular weight excluding hydrogens is 1130 g/mol. The van der Waals surface area contributed by atoms with E-state index in [1.54, 1.807) is 0 Å². The zero-order chi connectivity index (χ0) is 61.0. The Morgan fingerprint density at radius 1 is 0.476 bits per heavy atom. The van der Waals surface area contributed by atoms with Crippen molar-refractivity contribution in [2.75, 3.05) is 39.6 Å². The first kappa shape index (κ1) is 67.8. The molecule has 0 bridgehead atoms. The Hall–Kier alpha value is -3.28. The number of carboxylic acid groups (broad SMARTS) is 1. The summed E-state index contributed by atoms with van der Waals surface area (Å²) in [6.45, 7) is -3.72. The molecule has 31 atom stereocenters. The summed E-state index contributed by atoms with van der Waals surface area (Å²) in [5.41, 5.74) is 0. The van der Waals surface area contributed by atoms with Gasteiger partial charge in [-0.2, -0.15) is 0 Å². The van der Waals surface area contributed by atoms with Gasteiger partial charge in [-0.15, -0.1) is 0 Å². The lowest BCUT2D eigenvalue weighted by Gasteiger charge is -2.53. The van der Waals surface area contributed by atoms with Gasteiger partial charge in [-0.05, 0) is 0 Å². The first-order valence-electron chi connectivity index (χ1n) is 25.7. The summed E-state index contributed by atoms with van der Waals surface area (Å²) < 4.78 is 63.4. The third-order valence-electron chi connectivity index (χ3n) is 14.6. The normalized spacial score (nSPS) is 46.3. The van der Waals surface area contributed by atoms with E-state index < -0.39 is 259 Å². The first-order valence-corrected chi connectivity index (χ1v) is 25.7. The van der Waals surface area contributed by atoms with E-state index >= 15 is 0 Å². The smallest absolute Gasteiger partial charge is 0.364 e. The van der Waals surface area contributed by atoms with Gasteiger partial charge in [0.25, 0.3) is 5.79 Å². The number of carboxylic acids is 1. The monoisotopic (exact) mass is 1200 g/mol. The maximum absolute atomic E-state index is 13.8. The summed E-state index contributed by atoms with van der Waals surface area (Å²) in [6, 6.07) is -5.57. The van der Waals surface area contributed by atoms with Crippen molar-refractivity contribution in [2.24, 2.45) is 0 Å². The van der Waals surface area contributed by atoms with E-state index in [0.717, 1.165) is 20.8 Å². The van der Waals surface area contributed by atoms with Gasteiger partial charge in [-0.25, -0.2) is 4.79 Å². The molecule has 82 heavy (non-hydrogen) atoms. The average molecular weight is 1200 g/mol. The van der Waals surface area contributed by atoms with Crippen molar-refractivity contribution in [3.05, 3.63) is 0 Å². The second kappa shape index (κ2) is 28.9. The Morgan fingerprint density at radius 2 is 0.902 bits per heavy atom. The summed E-state index contributed by atoms with van der Waals surface area (Å²) in [5.74, 6) is -8.41. The number of rotatable bonds is 22. The number of hydrogen-bond acceptors (Lipinski definition) is 33. The number of carbonyl (C=O) groups is 4. The van der Waals surface area contributed by atoms with Crippen LogP contribution in [0.2, 0.25) is 0 Å². The largest absolute Gasteiger partial charge is 0.477 e. The van der Waals surface area contributed by atoms with Crippen LogP contribution in [0.3, 0.4) is 0 Å². The number of aliphatic hydroxyl groups is 18. The summed E-state index contributed by atoms with van der Waals surface area (Å²) in [6.07, 6.45) is -57.4. The standard InChI is InChI=1S/C45H75N3O34/c1-11(55)46-21-15(4-45(44(70)71,81-36(21)24(59)14(58)5-49)82-38-28(63)19(9-53)77-43(33(38)68)78-34-20(10-54)72-39(69)31(66)30(34)65)73-41-23(48-13(3)57)35(26(61)17(7-51)75-41)79-42-32(67)37(27(62)18(8-52)76-42)80-40-22(47-12(2)56)29(64)25(60)16(6-50)74-40/h14-43,49-54,58-69H,4-10H2,1-3H3,(H,46,55)(H,47,56)(H,48,57)(H,70,71)/t14-,15+,16-,17-,18-,19-,20-,21-,22-,23-,24-,25+,26+,27+,28+,29-,30-,31-,32-,33-,34-,35-,36-,37+,38+,39-,40-,41-,42+,43+,45+/m1/s1. The second-order valence-corrected chi connectivity index (χ2v) is 20.4. The fourth-order valence-electron chi connectivity index (χ4n) is 10.4. The van der Waals surface area contributed by atoms with Crippen LogP contribution in [0.4, 0.5) is 0 Å². The quantitative estimate of drug-likeness (QED) is 0.0479. The van der Waals surface area contributed by atoms with Crippen molar-refractivity contribution in [1.82, 2.24) is 16.0 Å². The Labute approximate surface area is 463 Å². The zero-order valence-corrected chi connectivity index (χ0v) is 43.9. The van der Waals surface area contributed by atoms with Crippen molar-refractivity contribution in [3.8, 4) is 0 Å². The maximum atomic E-state index is 13.8. The molecule has 474 valence electrons. The van der Waals surface area contributed by atoms with E-state index in [1.165, 1.54) is 0 Å². The highest BCUT2D eigenvalue weighted by Crippen LogP contribution is 2.41. The average Bonchev–Trinajstić information content (AvgIpc) is 3.54. The van der Waals surface area contributed by atoms with Crippen LogP contribution in [0, 0.1) is 0 Å². The minimum Gasteiger partial charge on any atom is -0.477 e. The van der Waals surface area contributed by atoms with Gasteiger partial charge in [0.2, 0.25) is 17.7 Å². The lowest BCUT2D eigenvalue weighted by atomic mass is 9.87. The van der Waals surface area contributed by atoms with E-state index in [1.807, 2.05) is 0 Å². The number of ether oxygens (including phenoxy) is 11. The molecule has 0 unspecified atom stereocenters. The third kappa shape index (κ3) is 14.6. The second-order valence-electron chi connectivity index (χ2n) is 20.4. The molecular formula is C45H75N3O34. The molecule has 6 aliphatic rings. The molecule has 0 saturated carbocycles. The van der Waals surface area contributed by atoms with Crippen LogP contribution in [0.1, 0.15) is 27.2 Å². The molecule has 6 aliphatic heterocycles. The summed E-state index contributed by atoms with van der Waals surface area (Å²) in [5, 5.41) is 212.